The third kappa shape index (κ3) is 4.04. The molecule has 9 aromatic rings. The standard InChI is InChI=1S/C49H34/c1-49(2)43-23-13-12-22-40(43)47-37-19-9-8-18-36(37)42(30-44(47)49)32-24-26-34(27-25-32)46-39-21-11-10-20-38(39)45(33-15-4-3-5-16-33)41-29-28-31-14-6-7-17-35(31)48(41)46/h3-30H,1-2H3. The highest BCUT2D eigenvalue weighted by Gasteiger charge is 2.37. The van der Waals surface area contributed by atoms with E-state index < -0.39 is 0 Å². The molecule has 0 heterocycles. The smallest absolute Gasteiger partial charge is 0.0159 e. The third-order valence-corrected chi connectivity index (χ3v) is 11.0. The van der Waals surface area contributed by atoms with Gasteiger partial charge in [-0.2, -0.15) is 0 Å². The van der Waals surface area contributed by atoms with Gasteiger partial charge in [-0.25, -0.2) is 0 Å². The first kappa shape index (κ1) is 28.1. The predicted molar refractivity (Wildman–Crippen MR) is 210 cm³/mol. The van der Waals surface area contributed by atoms with Crippen LogP contribution in [0.1, 0.15) is 25.0 Å². The average molecular weight is 623 g/mol. The molecule has 0 nitrogen and oxygen atoms in total. The SMILES string of the molecule is CC1(C)c2ccccc2-c2c1cc(-c1ccc(-c3c4ccccc4c(-c4ccccc4)c4ccc5ccccc5c34)cc1)c1ccccc21. The summed E-state index contributed by atoms with van der Waals surface area (Å²) in [4.78, 5) is 0. The van der Waals surface area contributed by atoms with Crippen LogP contribution in [0.3, 0.4) is 0 Å². The zero-order valence-electron chi connectivity index (χ0n) is 27.7. The lowest BCUT2D eigenvalue weighted by Gasteiger charge is -2.23. The first-order valence-electron chi connectivity index (χ1n) is 17.3. The molecule has 0 heteroatoms. The first-order valence-corrected chi connectivity index (χ1v) is 17.3. The molecular formula is C49H34. The van der Waals surface area contributed by atoms with Gasteiger partial charge in [0.1, 0.15) is 0 Å². The molecule has 0 N–H and O–H groups in total. The summed E-state index contributed by atoms with van der Waals surface area (Å²) in [6, 6.07) is 63.1. The van der Waals surface area contributed by atoms with Crippen molar-refractivity contribution in [2.75, 3.05) is 0 Å². The summed E-state index contributed by atoms with van der Waals surface area (Å²) in [7, 11) is 0. The van der Waals surface area contributed by atoms with Gasteiger partial charge in [0.15, 0.2) is 0 Å². The second kappa shape index (κ2) is 10.5. The minimum Gasteiger partial charge on any atom is -0.0622 e. The molecule has 1 aliphatic carbocycles. The second-order valence-electron chi connectivity index (χ2n) is 14.0. The highest BCUT2D eigenvalue weighted by atomic mass is 14.4. The van der Waals surface area contributed by atoms with Crippen molar-refractivity contribution < 1.29 is 0 Å². The van der Waals surface area contributed by atoms with E-state index in [0.29, 0.717) is 0 Å². The van der Waals surface area contributed by atoms with Crippen molar-refractivity contribution >= 4 is 43.1 Å². The van der Waals surface area contributed by atoms with Crippen LogP contribution >= 0.6 is 0 Å². The highest BCUT2D eigenvalue weighted by Crippen LogP contribution is 2.53. The third-order valence-electron chi connectivity index (χ3n) is 11.0. The molecule has 230 valence electrons. The molecule has 0 spiro atoms. The van der Waals surface area contributed by atoms with Crippen LogP contribution in [0.4, 0.5) is 0 Å². The van der Waals surface area contributed by atoms with Gasteiger partial charge in [0, 0.05) is 5.41 Å². The number of hydrogen-bond donors (Lipinski definition) is 0. The van der Waals surface area contributed by atoms with Crippen molar-refractivity contribution in [1.29, 1.82) is 0 Å². The molecule has 49 heavy (non-hydrogen) atoms. The van der Waals surface area contributed by atoms with Crippen LogP contribution in [0, 0.1) is 0 Å². The molecule has 0 saturated heterocycles. The Morgan fingerprint density at radius 2 is 0.878 bits per heavy atom. The Labute approximate surface area is 286 Å². The van der Waals surface area contributed by atoms with E-state index >= 15 is 0 Å². The minimum atomic E-state index is -0.0654. The van der Waals surface area contributed by atoms with Crippen molar-refractivity contribution in [1.82, 2.24) is 0 Å². The second-order valence-corrected chi connectivity index (χ2v) is 14.0. The lowest BCUT2D eigenvalue weighted by Crippen LogP contribution is -2.15. The van der Waals surface area contributed by atoms with Gasteiger partial charge in [-0.3, -0.25) is 0 Å². The van der Waals surface area contributed by atoms with E-state index in [1.807, 2.05) is 0 Å². The minimum absolute atomic E-state index is 0.0654. The van der Waals surface area contributed by atoms with Crippen LogP contribution in [0.2, 0.25) is 0 Å². The van der Waals surface area contributed by atoms with Gasteiger partial charge in [-0.1, -0.05) is 178 Å². The van der Waals surface area contributed by atoms with Gasteiger partial charge in [-0.05, 0) is 105 Å². The zero-order chi connectivity index (χ0) is 32.7. The number of benzene rings is 9. The van der Waals surface area contributed by atoms with E-state index in [9.17, 15) is 0 Å². The van der Waals surface area contributed by atoms with Gasteiger partial charge >= 0.3 is 0 Å². The quantitative estimate of drug-likeness (QED) is 0.136. The first-order chi connectivity index (χ1) is 24.1. The summed E-state index contributed by atoms with van der Waals surface area (Å²) in [5, 5.41) is 10.3. The summed E-state index contributed by atoms with van der Waals surface area (Å²) in [6.07, 6.45) is 0. The normalized spacial score (nSPS) is 13.3. The van der Waals surface area contributed by atoms with E-state index in [4.69, 9.17) is 0 Å². The van der Waals surface area contributed by atoms with E-state index in [1.165, 1.54) is 98.7 Å². The Hall–Kier alpha value is -5.98. The molecule has 0 radical (unpaired) electrons. The Balaban J connectivity index is 1.23. The molecule has 10 rings (SSSR count). The van der Waals surface area contributed by atoms with Crippen LogP contribution < -0.4 is 0 Å². The molecule has 0 fully saturated rings. The number of hydrogen-bond acceptors (Lipinski definition) is 0. The maximum Gasteiger partial charge on any atom is 0.0159 e. The molecule has 0 saturated carbocycles. The maximum absolute atomic E-state index is 2.47. The van der Waals surface area contributed by atoms with Gasteiger partial charge in [0.2, 0.25) is 0 Å². The molecule has 0 bridgehead atoms. The monoisotopic (exact) mass is 622 g/mol. The Bertz CT molecular complexity index is 2760. The van der Waals surface area contributed by atoms with Crippen LogP contribution in [-0.2, 0) is 5.41 Å². The summed E-state index contributed by atoms with van der Waals surface area (Å²) in [5.41, 5.74) is 13.1. The van der Waals surface area contributed by atoms with Crippen molar-refractivity contribution in [3.05, 3.63) is 181 Å². The highest BCUT2D eigenvalue weighted by molar-refractivity contribution is 6.28. The molecule has 0 atom stereocenters. The fourth-order valence-electron chi connectivity index (χ4n) is 8.77. The Morgan fingerprint density at radius 1 is 0.327 bits per heavy atom. The van der Waals surface area contributed by atoms with Crippen molar-refractivity contribution in [3.63, 3.8) is 0 Å². The van der Waals surface area contributed by atoms with E-state index in [1.54, 1.807) is 0 Å². The summed E-state index contributed by atoms with van der Waals surface area (Å²) < 4.78 is 0. The Kier molecular flexibility index (Phi) is 6.02. The predicted octanol–water partition coefficient (Wildman–Crippen LogP) is 13.6. The van der Waals surface area contributed by atoms with Gasteiger partial charge in [0.05, 0.1) is 0 Å². The number of rotatable bonds is 3. The largest absolute Gasteiger partial charge is 0.0622 e. The molecule has 9 aromatic carbocycles. The van der Waals surface area contributed by atoms with E-state index in [0.717, 1.165) is 0 Å². The van der Waals surface area contributed by atoms with Gasteiger partial charge < -0.3 is 0 Å². The van der Waals surface area contributed by atoms with Gasteiger partial charge in [-0.15, -0.1) is 0 Å². The van der Waals surface area contributed by atoms with Gasteiger partial charge in [0.25, 0.3) is 0 Å². The van der Waals surface area contributed by atoms with E-state index in [2.05, 4.69) is 184 Å². The summed E-state index contributed by atoms with van der Waals surface area (Å²) >= 11 is 0. The van der Waals surface area contributed by atoms with Crippen LogP contribution in [0.25, 0.3) is 87.6 Å². The summed E-state index contributed by atoms with van der Waals surface area (Å²) in [5.74, 6) is 0. The molecule has 0 aromatic heterocycles. The molecule has 0 unspecified atom stereocenters. The fourth-order valence-corrected chi connectivity index (χ4v) is 8.77. The fraction of sp³-hybridized carbons (Fsp3) is 0.0612. The van der Waals surface area contributed by atoms with Crippen molar-refractivity contribution in [2.24, 2.45) is 0 Å². The van der Waals surface area contributed by atoms with Crippen molar-refractivity contribution in [2.45, 2.75) is 19.3 Å². The Morgan fingerprint density at radius 3 is 1.63 bits per heavy atom. The van der Waals surface area contributed by atoms with Crippen LogP contribution in [0.5, 0.6) is 0 Å². The lowest BCUT2D eigenvalue weighted by atomic mass is 9.80. The van der Waals surface area contributed by atoms with Crippen LogP contribution in [-0.4, -0.2) is 0 Å². The molecule has 1 aliphatic rings. The average Bonchev–Trinajstić information content (AvgIpc) is 3.39. The van der Waals surface area contributed by atoms with Crippen molar-refractivity contribution in [3.8, 4) is 44.5 Å². The molecule has 0 aliphatic heterocycles. The maximum atomic E-state index is 2.47. The van der Waals surface area contributed by atoms with Crippen LogP contribution in [0.15, 0.2) is 170 Å². The topological polar surface area (TPSA) is 0 Å². The number of fused-ring (bicyclic) bond motifs is 9. The molecular weight excluding hydrogens is 589 g/mol. The summed E-state index contributed by atoms with van der Waals surface area (Å²) in [6.45, 7) is 4.75. The molecule has 0 amide bonds. The lowest BCUT2D eigenvalue weighted by molar-refractivity contribution is 0.661. The zero-order valence-corrected chi connectivity index (χ0v) is 27.7. The van der Waals surface area contributed by atoms with E-state index in [-0.39, 0.29) is 5.41 Å².